The van der Waals surface area contributed by atoms with Crippen molar-refractivity contribution in [1.82, 2.24) is 14.9 Å². The van der Waals surface area contributed by atoms with Crippen LogP contribution in [0.25, 0.3) is 10.9 Å². The third-order valence-electron chi connectivity index (χ3n) is 5.20. The molecule has 152 valence electrons. The lowest BCUT2D eigenvalue weighted by Gasteiger charge is -2.26. The Morgan fingerprint density at radius 3 is 2.66 bits per heavy atom. The van der Waals surface area contributed by atoms with Crippen molar-refractivity contribution >= 4 is 10.9 Å². The highest BCUT2D eigenvalue weighted by molar-refractivity contribution is 5.87. The molecule has 0 atom stereocenters. The fourth-order valence-corrected chi connectivity index (χ4v) is 3.65. The smallest absolute Gasteiger partial charge is 0.230 e. The maximum absolute atomic E-state index is 6.09. The maximum atomic E-state index is 6.09. The van der Waals surface area contributed by atoms with Crippen molar-refractivity contribution in [3.05, 3.63) is 48.3 Å². The monoisotopic (exact) mass is 393 g/mol. The Labute approximate surface area is 171 Å². The maximum Gasteiger partial charge on any atom is 0.230 e. The molecule has 29 heavy (non-hydrogen) atoms. The van der Waals surface area contributed by atoms with Crippen molar-refractivity contribution in [3.63, 3.8) is 0 Å². The molecule has 0 unspecified atom stereocenters. The molecule has 2 aromatic carbocycles. The van der Waals surface area contributed by atoms with E-state index in [0.29, 0.717) is 24.0 Å². The first-order valence-electron chi connectivity index (χ1n) is 10.2. The molecule has 1 aliphatic rings. The van der Waals surface area contributed by atoms with Crippen LogP contribution < -0.4 is 14.2 Å². The fourth-order valence-electron chi connectivity index (χ4n) is 3.65. The van der Waals surface area contributed by atoms with Crippen LogP contribution in [-0.4, -0.2) is 48.2 Å². The van der Waals surface area contributed by atoms with E-state index >= 15 is 0 Å². The number of piperidine rings is 1. The van der Waals surface area contributed by atoms with Crippen molar-refractivity contribution in [3.8, 4) is 23.1 Å². The summed E-state index contributed by atoms with van der Waals surface area (Å²) >= 11 is 0. The molecule has 4 rings (SSSR count). The lowest BCUT2D eigenvalue weighted by molar-refractivity contribution is 0.180. The molecule has 0 radical (unpaired) electrons. The van der Waals surface area contributed by atoms with Gasteiger partial charge in [-0.15, -0.1) is 0 Å². The Morgan fingerprint density at radius 2 is 1.86 bits per heavy atom. The molecule has 0 aliphatic carbocycles. The van der Waals surface area contributed by atoms with Crippen LogP contribution in [0.15, 0.2) is 42.7 Å². The van der Waals surface area contributed by atoms with E-state index in [0.717, 1.165) is 41.9 Å². The molecule has 0 N–H and O–H groups in total. The largest absolute Gasteiger partial charge is 0.493 e. The minimum absolute atomic E-state index is 0.504. The van der Waals surface area contributed by atoms with Crippen LogP contribution >= 0.6 is 0 Å². The van der Waals surface area contributed by atoms with E-state index in [1.165, 1.54) is 25.6 Å². The van der Waals surface area contributed by atoms with E-state index in [2.05, 4.69) is 14.9 Å². The number of methoxy groups -OCH3 is 1. The summed E-state index contributed by atoms with van der Waals surface area (Å²) in [5, 5.41) is 0.794. The molecule has 1 fully saturated rings. The van der Waals surface area contributed by atoms with Gasteiger partial charge in [0.1, 0.15) is 18.7 Å². The lowest BCUT2D eigenvalue weighted by Crippen LogP contribution is -2.33. The van der Waals surface area contributed by atoms with Gasteiger partial charge in [0, 0.05) is 12.6 Å². The van der Waals surface area contributed by atoms with Gasteiger partial charge >= 0.3 is 0 Å². The van der Waals surface area contributed by atoms with E-state index in [4.69, 9.17) is 14.2 Å². The Kier molecular flexibility index (Phi) is 6.10. The predicted molar refractivity (Wildman–Crippen MR) is 113 cm³/mol. The molecule has 0 spiro atoms. The molecule has 0 bridgehead atoms. The van der Waals surface area contributed by atoms with Crippen molar-refractivity contribution < 1.29 is 14.2 Å². The van der Waals surface area contributed by atoms with Crippen LogP contribution in [-0.2, 0) is 0 Å². The number of likely N-dealkylation sites (tertiary alicyclic amines) is 1. The minimum atomic E-state index is 0.504. The van der Waals surface area contributed by atoms with Crippen molar-refractivity contribution in [2.24, 2.45) is 0 Å². The summed E-state index contributed by atoms with van der Waals surface area (Å²) in [6.45, 7) is 5.87. The SMILES string of the molecule is COc1cc2ncnc(Oc3cccc(C)c3)c2cc1OCCN1CCCCC1. The first-order valence-corrected chi connectivity index (χ1v) is 10.2. The first kappa shape index (κ1) is 19.5. The average Bonchev–Trinajstić information content (AvgIpc) is 2.74. The summed E-state index contributed by atoms with van der Waals surface area (Å²) in [7, 11) is 1.64. The van der Waals surface area contributed by atoms with Gasteiger partial charge in [-0.2, -0.15) is 0 Å². The molecule has 0 amide bonds. The minimum Gasteiger partial charge on any atom is -0.493 e. The van der Waals surface area contributed by atoms with Gasteiger partial charge in [-0.3, -0.25) is 4.90 Å². The van der Waals surface area contributed by atoms with Gasteiger partial charge in [-0.05, 0) is 56.6 Å². The third kappa shape index (κ3) is 4.77. The molecule has 2 heterocycles. The summed E-state index contributed by atoms with van der Waals surface area (Å²) in [5.74, 6) is 2.59. The number of ether oxygens (including phenoxy) is 3. The second-order valence-electron chi connectivity index (χ2n) is 7.37. The van der Waals surface area contributed by atoms with Gasteiger partial charge in [0.2, 0.25) is 5.88 Å². The Morgan fingerprint density at radius 1 is 1.00 bits per heavy atom. The zero-order valence-electron chi connectivity index (χ0n) is 17.1. The Hall–Kier alpha value is -2.86. The van der Waals surface area contributed by atoms with E-state index in [9.17, 15) is 0 Å². The molecular formula is C23H27N3O3. The van der Waals surface area contributed by atoms with Crippen molar-refractivity contribution in [1.29, 1.82) is 0 Å². The van der Waals surface area contributed by atoms with E-state index in [1.807, 2.05) is 43.3 Å². The summed E-state index contributed by atoms with van der Waals surface area (Å²) in [5.41, 5.74) is 1.88. The number of nitrogens with zero attached hydrogens (tertiary/aromatic N) is 3. The summed E-state index contributed by atoms with van der Waals surface area (Å²) < 4.78 is 17.7. The molecule has 6 nitrogen and oxygen atoms in total. The highest BCUT2D eigenvalue weighted by atomic mass is 16.5. The van der Waals surface area contributed by atoms with Crippen molar-refractivity contribution in [2.75, 3.05) is 33.4 Å². The van der Waals surface area contributed by atoms with Crippen LogP contribution in [0, 0.1) is 6.92 Å². The molecule has 6 heteroatoms. The van der Waals surface area contributed by atoms with Gasteiger partial charge in [-0.1, -0.05) is 18.6 Å². The average molecular weight is 393 g/mol. The second kappa shape index (κ2) is 9.09. The molecule has 0 saturated carbocycles. The van der Waals surface area contributed by atoms with Crippen LogP contribution in [0.4, 0.5) is 0 Å². The van der Waals surface area contributed by atoms with Crippen LogP contribution in [0.1, 0.15) is 24.8 Å². The molecule has 1 saturated heterocycles. The summed E-state index contributed by atoms with van der Waals surface area (Å²) in [4.78, 5) is 11.2. The van der Waals surface area contributed by atoms with E-state index in [1.54, 1.807) is 7.11 Å². The lowest BCUT2D eigenvalue weighted by atomic mass is 10.1. The fraction of sp³-hybridized carbons (Fsp3) is 0.391. The standard InChI is InChI=1S/C23H27N3O3/c1-17-7-6-8-18(13-17)29-23-19-14-22(21(27-2)15-20(19)24-16-25-23)28-12-11-26-9-4-3-5-10-26/h6-8,13-16H,3-5,9-12H2,1-2H3. The van der Waals surface area contributed by atoms with E-state index in [-0.39, 0.29) is 0 Å². The van der Waals surface area contributed by atoms with Gasteiger partial charge in [0.05, 0.1) is 18.0 Å². The number of aromatic nitrogens is 2. The number of fused-ring (bicyclic) bond motifs is 1. The van der Waals surface area contributed by atoms with Crippen molar-refractivity contribution in [2.45, 2.75) is 26.2 Å². The first-order chi connectivity index (χ1) is 14.2. The zero-order chi connectivity index (χ0) is 20.1. The highest BCUT2D eigenvalue weighted by Gasteiger charge is 2.14. The predicted octanol–water partition coefficient (Wildman–Crippen LogP) is 4.60. The Balaban J connectivity index is 1.56. The third-order valence-corrected chi connectivity index (χ3v) is 5.20. The number of aryl methyl sites for hydroxylation is 1. The number of benzene rings is 2. The zero-order valence-corrected chi connectivity index (χ0v) is 17.1. The Bertz CT molecular complexity index is 971. The van der Waals surface area contributed by atoms with E-state index < -0.39 is 0 Å². The topological polar surface area (TPSA) is 56.7 Å². The van der Waals surface area contributed by atoms with Gasteiger partial charge < -0.3 is 14.2 Å². The van der Waals surface area contributed by atoms with Crippen LogP contribution in [0.5, 0.6) is 23.1 Å². The normalized spacial score (nSPS) is 14.7. The van der Waals surface area contributed by atoms with Crippen LogP contribution in [0.2, 0.25) is 0 Å². The van der Waals surface area contributed by atoms with Gasteiger partial charge in [0.15, 0.2) is 11.5 Å². The molecule has 1 aromatic heterocycles. The second-order valence-corrected chi connectivity index (χ2v) is 7.37. The molecular weight excluding hydrogens is 366 g/mol. The summed E-state index contributed by atoms with van der Waals surface area (Å²) in [6, 6.07) is 11.7. The number of hydrogen-bond acceptors (Lipinski definition) is 6. The van der Waals surface area contributed by atoms with Crippen LogP contribution in [0.3, 0.4) is 0 Å². The molecule has 3 aromatic rings. The number of hydrogen-bond donors (Lipinski definition) is 0. The number of rotatable bonds is 7. The van der Waals surface area contributed by atoms with Gasteiger partial charge in [-0.25, -0.2) is 9.97 Å². The quantitative estimate of drug-likeness (QED) is 0.585. The highest BCUT2D eigenvalue weighted by Crippen LogP contribution is 2.36. The summed E-state index contributed by atoms with van der Waals surface area (Å²) in [6.07, 6.45) is 5.38. The molecule has 1 aliphatic heterocycles. The van der Waals surface area contributed by atoms with Gasteiger partial charge in [0.25, 0.3) is 0 Å².